The van der Waals surface area contributed by atoms with Crippen LogP contribution < -0.4 is 5.32 Å². The number of urea groups is 1. The third kappa shape index (κ3) is 5.08. The van der Waals surface area contributed by atoms with Crippen LogP contribution in [0.25, 0.3) is 6.08 Å². The zero-order valence-electron chi connectivity index (χ0n) is 14.7. The molecule has 1 aliphatic heterocycles. The van der Waals surface area contributed by atoms with E-state index < -0.39 is 0 Å². The molecule has 25 heavy (non-hydrogen) atoms. The highest BCUT2D eigenvalue weighted by Crippen LogP contribution is 2.17. The van der Waals surface area contributed by atoms with E-state index >= 15 is 0 Å². The van der Waals surface area contributed by atoms with Gasteiger partial charge < -0.3 is 15.1 Å². The Labute approximate surface area is 149 Å². The van der Waals surface area contributed by atoms with Gasteiger partial charge >= 0.3 is 6.03 Å². The molecule has 0 radical (unpaired) electrons. The molecule has 1 N–H and O–H groups in total. The average Bonchev–Trinajstić information content (AvgIpc) is 2.68. The van der Waals surface area contributed by atoms with Crippen molar-refractivity contribution in [3.05, 3.63) is 42.0 Å². The fourth-order valence-corrected chi connectivity index (χ4v) is 3.48. The SMILES string of the molecule is O=C(C=Cc1ccccc1)N1CCN(C(=O)NC2CCCCC2)CC1. The van der Waals surface area contributed by atoms with Crippen LogP contribution >= 0.6 is 0 Å². The largest absolute Gasteiger partial charge is 0.336 e. The van der Waals surface area contributed by atoms with Gasteiger partial charge in [-0.1, -0.05) is 49.6 Å². The first-order valence-electron chi connectivity index (χ1n) is 9.30. The van der Waals surface area contributed by atoms with E-state index in [2.05, 4.69) is 5.32 Å². The number of nitrogens with one attached hydrogen (secondary N) is 1. The fraction of sp³-hybridized carbons (Fsp3) is 0.500. The van der Waals surface area contributed by atoms with E-state index in [9.17, 15) is 9.59 Å². The molecule has 1 aromatic carbocycles. The molecule has 0 aromatic heterocycles. The number of hydrogen-bond acceptors (Lipinski definition) is 2. The molecule has 3 rings (SSSR count). The quantitative estimate of drug-likeness (QED) is 0.860. The minimum atomic E-state index is 0.0104. The van der Waals surface area contributed by atoms with Crippen LogP contribution in [0, 0.1) is 0 Å². The first-order valence-corrected chi connectivity index (χ1v) is 9.30. The molecule has 1 aromatic rings. The lowest BCUT2D eigenvalue weighted by Crippen LogP contribution is -2.54. The van der Waals surface area contributed by atoms with Crippen molar-refractivity contribution < 1.29 is 9.59 Å². The molecular formula is C20H27N3O2. The second-order valence-corrected chi connectivity index (χ2v) is 6.84. The van der Waals surface area contributed by atoms with E-state index in [1.54, 1.807) is 6.08 Å². The Morgan fingerprint density at radius 2 is 1.56 bits per heavy atom. The predicted octanol–water partition coefficient (Wildman–Crippen LogP) is 2.89. The highest BCUT2D eigenvalue weighted by molar-refractivity contribution is 5.92. The van der Waals surface area contributed by atoms with Gasteiger partial charge in [0.1, 0.15) is 0 Å². The summed E-state index contributed by atoms with van der Waals surface area (Å²) in [6.07, 6.45) is 9.34. The summed E-state index contributed by atoms with van der Waals surface area (Å²) in [6, 6.07) is 10.2. The molecule has 3 amide bonds. The zero-order chi connectivity index (χ0) is 17.5. The molecule has 1 saturated heterocycles. The number of rotatable bonds is 3. The second kappa shape index (κ2) is 8.70. The van der Waals surface area contributed by atoms with Crippen LogP contribution in [0.4, 0.5) is 4.79 Å². The van der Waals surface area contributed by atoms with Crippen LogP contribution in [0.15, 0.2) is 36.4 Å². The van der Waals surface area contributed by atoms with E-state index in [-0.39, 0.29) is 11.9 Å². The minimum absolute atomic E-state index is 0.0104. The van der Waals surface area contributed by atoms with Gasteiger partial charge in [0, 0.05) is 38.3 Å². The molecule has 134 valence electrons. The standard InChI is InChI=1S/C20H27N3O2/c24-19(12-11-17-7-3-1-4-8-17)22-13-15-23(16-14-22)20(25)21-18-9-5-2-6-10-18/h1,3-4,7-8,11-12,18H,2,5-6,9-10,13-16H2,(H,21,25). The van der Waals surface area contributed by atoms with Crippen LogP contribution in [0.2, 0.25) is 0 Å². The first-order chi connectivity index (χ1) is 12.2. The van der Waals surface area contributed by atoms with Crippen molar-refractivity contribution in [3.8, 4) is 0 Å². The Morgan fingerprint density at radius 1 is 0.920 bits per heavy atom. The molecule has 2 fully saturated rings. The average molecular weight is 341 g/mol. The van der Waals surface area contributed by atoms with E-state index in [0.29, 0.717) is 32.2 Å². The van der Waals surface area contributed by atoms with Crippen molar-refractivity contribution in [1.82, 2.24) is 15.1 Å². The molecule has 2 aliphatic rings. The summed E-state index contributed by atoms with van der Waals surface area (Å²) >= 11 is 0. The number of hydrogen-bond donors (Lipinski definition) is 1. The second-order valence-electron chi connectivity index (χ2n) is 6.84. The highest BCUT2D eigenvalue weighted by Gasteiger charge is 2.25. The summed E-state index contributed by atoms with van der Waals surface area (Å²) in [5, 5.41) is 3.15. The molecule has 5 nitrogen and oxygen atoms in total. The normalized spacial score (nSPS) is 19.2. The number of amides is 3. The maximum absolute atomic E-state index is 12.4. The lowest BCUT2D eigenvalue weighted by atomic mass is 9.96. The van der Waals surface area contributed by atoms with Gasteiger partial charge in [-0.3, -0.25) is 4.79 Å². The molecule has 0 unspecified atom stereocenters. The Bertz CT molecular complexity index is 601. The van der Waals surface area contributed by atoms with Gasteiger partial charge in [-0.05, 0) is 24.5 Å². The van der Waals surface area contributed by atoms with E-state index in [4.69, 9.17) is 0 Å². The third-order valence-corrected chi connectivity index (χ3v) is 5.03. The van der Waals surface area contributed by atoms with Gasteiger partial charge in [0.2, 0.25) is 5.91 Å². The summed E-state index contributed by atoms with van der Waals surface area (Å²) in [6.45, 7) is 2.39. The summed E-state index contributed by atoms with van der Waals surface area (Å²) < 4.78 is 0. The summed E-state index contributed by atoms with van der Waals surface area (Å²) in [4.78, 5) is 28.3. The van der Waals surface area contributed by atoms with Crippen molar-refractivity contribution in [1.29, 1.82) is 0 Å². The summed E-state index contributed by atoms with van der Waals surface area (Å²) in [5.41, 5.74) is 1.02. The lowest BCUT2D eigenvalue weighted by Gasteiger charge is -2.35. The third-order valence-electron chi connectivity index (χ3n) is 5.03. The van der Waals surface area contributed by atoms with Crippen molar-refractivity contribution in [2.45, 2.75) is 38.1 Å². The topological polar surface area (TPSA) is 52.7 Å². The van der Waals surface area contributed by atoms with Gasteiger partial charge in [0.15, 0.2) is 0 Å². The van der Waals surface area contributed by atoms with E-state index in [1.807, 2.05) is 46.2 Å². The van der Waals surface area contributed by atoms with Crippen LogP contribution in [0.3, 0.4) is 0 Å². The van der Waals surface area contributed by atoms with Crippen LogP contribution in [0.5, 0.6) is 0 Å². The molecule has 1 saturated carbocycles. The highest BCUT2D eigenvalue weighted by atomic mass is 16.2. The molecular weight excluding hydrogens is 314 g/mol. The van der Waals surface area contributed by atoms with Crippen molar-refractivity contribution in [2.24, 2.45) is 0 Å². The Balaban J connectivity index is 1.44. The zero-order valence-corrected chi connectivity index (χ0v) is 14.7. The Morgan fingerprint density at radius 3 is 2.24 bits per heavy atom. The Kier molecular flexibility index (Phi) is 6.09. The number of benzene rings is 1. The van der Waals surface area contributed by atoms with Crippen LogP contribution in [-0.2, 0) is 4.79 Å². The minimum Gasteiger partial charge on any atom is -0.336 e. The monoisotopic (exact) mass is 341 g/mol. The number of nitrogens with zero attached hydrogens (tertiary/aromatic N) is 2. The number of carbonyl (C=O) groups excluding carboxylic acids is 2. The molecule has 1 aliphatic carbocycles. The Hall–Kier alpha value is -2.30. The van der Waals surface area contributed by atoms with Gasteiger partial charge in [-0.25, -0.2) is 4.79 Å². The van der Waals surface area contributed by atoms with Crippen molar-refractivity contribution in [3.63, 3.8) is 0 Å². The fourth-order valence-electron chi connectivity index (χ4n) is 3.48. The van der Waals surface area contributed by atoms with Crippen molar-refractivity contribution in [2.75, 3.05) is 26.2 Å². The molecule has 5 heteroatoms. The lowest BCUT2D eigenvalue weighted by molar-refractivity contribution is -0.127. The number of piperazine rings is 1. The predicted molar refractivity (Wildman–Crippen MR) is 99.0 cm³/mol. The maximum Gasteiger partial charge on any atom is 0.317 e. The summed E-state index contributed by atoms with van der Waals surface area (Å²) in [7, 11) is 0. The van der Waals surface area contributed by atoms with Gasteiger partial charge in [0.05, 0.1) is 0 Å². The van der Waals surface area contributed by atoms with E-state index in [1.165, 1.54) is 19.3 Å². The van der Waals surface area contributed by atoms with Crippen LogP contribution in [0.1, 0.15) is 37.7 Å². The molecule has 0 atom stereocenters. The first kappa shape index (κ1) is 17.5. The molecule has 0 bridgehead atoms. The molecule has 1 heterocycles. The summed E-state index contributed by atoms with van der Waals surface area (Å²) in [5.74, 6) is 0.0104. The van der Waals surface area contributed by atoms with Gasteiger partial charge in [-0.2, -0.15) is 0 Å². The number of carbonyl (C=O) groups is 2. The van der Waals surface area contributed by atoms with Crippen molar-refractivity contribution >= 4 is 18.0 Å². The van der Waals surface area contributed by atoms with Crippen LogP contribution in [-0.4, -0.2) is 54.0 Å². The van der Waals surface area contributed by atoms with E-state index in [0.717, 1.165) is 18.4 Å². The maximum atomic E-state index is 12.4. The molecule has 0 spiro atoms. The smallest absolute Gasteiger partial charge is 0.317 e. The van der Waals surface area contributed by atoms with Gasteiger partial charge in [0.25, 0.3) is 0 Å². The van der Waals surface area contributed by atoms with Gasteiger partial charge in [-0.15, -0.1) is 0 Å².